The molecular formula is C25H22ClNO6. The third-order valence-corrected chi connectivity index (χ3v) is 5.60. The fourth-order valence-corrected chi connectivity index (χ4v) is 3.66. The Balaban J connectivity index is 1.84. The Bertz CT molecular complexity index is 1250. The number of carbonyl (C=O) groups is 2. The molecule has 1 heterocycles. The molecule has 0 radical (unpaired) electrons. The third-order valence-electron chi connectivity index (χ3n) is 5.26. The summed E-state index contributed by atoms with van der Waals surface area (Å²) in [5, 5.41) is 14.0. The first-order valence-corrected chi connectivity index (χ1v) is 10.6. The summed E-state index contributed by atoms with van der Waals surface area (Å²) in [5.74, 6) is -1.07. The summed E-state index contributed by atoms with van der Waals surface area (Å²) in [5.41, 5.74) is -0.673. The second-order valence-corrected chi connectivity index (χ2v) is 8.42. The molecule has 8 heteroatoms. The monoisotopic (exact) mass is 467 g/mol. The van der Waals surface area contributed by atoms with Crippen LogP contribution in [0.5, 0.6) is 5.75 Å². The molecule has 3 aromatic carbocycles. The average molecular weight is 468 g/mol. The zero-order valence-corrected chi connectivity index (χ0v) is 18.8. The van der Waals surface area contributed by atoms with Gasteiger partial charge in [-0.25, -0.2) is 4.79 Å². The van der Waals surface area contributed by atoms with Crippen LogP contribution in [0, 0.1) is 0 Å². The minimum Gasteiger partial charge on any atom is -0.480 e. The zero-order chi connectivity index (χ0) is 23.6. The molecule has 0 aliphatic carbocycles. The summed E-state index contributed by atoms with van der Waals surface area (Å²) in [6, 6.07) is 18.0. The summed E-state index contributed by atoms with van der Waals surface area (Å²) < 4.78 is 17.3. The number of carbonyl (C=O) groups excluding carboxylic acids is 1. The van der Waals surface area contributed by atoms with Gasteiger partial charge in [0, 0.05) is 16.0 Å². The molecule has 1 atom stereocenters. The molecule has 0 fully saturated rings. The topological polar surface area (TPSA) is 94.1 Å². The number of hydrogen-bond donors (Lipinski definition) is 2. The van der Waals surface area contributed by atoms with Gasteiger partial charge in [0.1, 0.15) is 17.6 Å². The molecule has 1 amide bonds. The minimum absolute atomic E-state index is 0.0370. The SMILES string of the molecule is CC(C)(NC(=O)c1ccc2ccccc2c1OC(C1=COCO1)c1ccccc1Cl)C(=O)O. The zero-order valence-electron chi connectivity index (χ0n) is 18.0. The number of hydrogen-bond acceptors (Lipinski definition) is 5. The smallest absolute Gasteiger partial charge is 0.328 e. The van der Waals surface area contributed by atoms with Crippen LogP contribution in [0.3, 0.4) is 0 Å². The molecule has 0 spiro atoms. The van der Waals surface area contributed by atoms with Gasteiger partial charge in [-0.15, -0.1) is 0 Å². The van der Waals surface area contributed by atoms with Gasteiger partial charge in [-0.3, -0.25) is 4.79 Å². The first kappa shape index (κ1) is 22.5. The molecule has 0 saturated carbocycles. The molecule has 3 aromatic rings. The summed E-state index contributed by atoms with van der Waals surface area (Å²) in [7, 11) is 0. The third kappa shape index (κ3) is 4.59. The van der Waals surface area contributed by atoms with Crippen molar-refractivity contribution in [2.75, 3.05) is 6.79 Å². The fraction of sp³-hybridized carbons (Fsp3) is 0.200. The van der Waals surface area contributed by atoms with Crippen molar-refractivity contribution in [3.8, 4) is 5.75 Å². The number of ether oxygens (including phenoxy) is 3. The van der Waals surface area contributed by atoms with Crippen LogP contribution in [0.4, 0.5) is 0 Å². The second-order valence-electron chi connectivity index (χ2n) is 8.02. The number of halogens is 1. The number of nitrogens with one attached hydrogen (secondary N) is 1. The summed E-state index contributed by atoms with van der Waals surface area (Å²) in [6.07, 6.45) is 0.651. The second kappa shape index (κ2) is 9.03. The van der Waals surface area contributed by atoms with E-state index in [9.17, 15) is 14.7 Å². The molecule has 0 saturated heterocycles. The van der Waals surface area contributed by atoms with E-state index in [1.165, 1.54) is 20.1 Å². The van der Waals surface area contributed by atoms with Crippen molar-refractivity contribution >= 4 is 34.2 Å². The van der Waals surface area contributed by atoms with Gasteiger partial charge in [0.05, 0.1) is 5.56 Å². The molecular weight excluding hydrogens is 446 g/mol. The summed E-state index contributed by atoms with van der Waals surface area (Å²) in [4.78, 5) is 24.7. The van der Waals surface area contributed by atoms with Gasteiger partial charge in [-0.05, 0) is 31.4 Å². The van der Waals surface area contributed by atoms with E-state index in [-0.39, 0.29) is 18.1 Å². The van der Waals surface area contributed by atoms with E-state index in [1.807, 2.05) is 30.3 Å². The molecule has 1 aliphatic rings. The van der Waals surface area contributed by atoms with Gasteiger partial charge >= 0.3 is 5.97 Å². The lowest BCUT2D eigenvalue weighted by Crippen LogP contribution is -2.49. The van der Waals surface area contributed by atoms with E-state index in [0.29, 0.717) is 21.7 Å². The van der Waals surface area contributed by atoms with Crippen molar-refractivity contribution in [1.29, 1.82) is 0 Å². The fourth-order valence-electron chi connectivity index (χ4n) is 3.42. The maximum Gasteiger partial charge on any atom is 0.328 e. The van der Waals surface area contributed by atoms with Crippen LogP contribution in [0.1, 0.15) is 35.9 Å². The highest BCUT2D eigenvalue weighted by Gasteiger charge is 2.32. The van der Waals surface area contributed by atoms with Crippen molar-refractivity contribution in [2.45, 2.75) is 25.5 Å². The van der Waals surface area contributed by atoms with Crippen LogP contribution in [-0.2, 0) is 14.3 Å². The first-order chi connectivity index (χ1) is 15.8. The molecule has 33 heavy (non-hydrogen) atoms. The van der Waals surface area contributed by atoms with E-state index in [1.54, 1.807) is 30.3 Å². The van der Waals surface area contributed by atoms with Gasteiger partial charge in [0.2, 0.25) is 6.79 Å². The van der Waals surface area contributed by atoms with E-state index in [0.717, 1.165) is 5.39 Å². The lowest BCUT2D eigenvalue weighted by atomic mass is 10.0. The average Bonchev–Trinajstić information content (AvgIpc) is 3.32. The number of carboxylic acid groups (broad SMARTS) is 1. The summed E-state index contributed by atoms with van der Waals surface area (Å²) >= 11 is 6.46. The summed E-state index contributed by atoms with van der Waals surface area (Å²) in [6.45, 7) is 2.86. The molecule has 0 aromatic heterocycles. The van der Waals surface area contributed by atoms with Crippen LogP contribution in [0.25, 0.3) is 10.8 Å². The minimum atomic E-state index is -1.48. The molecule has 170 valence electrons. The highest BCUT2D eigenvalue weighted by Crippen LogP contribution is 2.39. The Labute approximate surface area is 195 Å². The van der Waals surface area contributed by atoms with Gasteiger partial charge in [0.15, 0.2) is 11.9 Å². The van der Waals surface area contributed by atoms with Crippen LogP contribution in [-0.4, -0.2) is 29.3 Å². The maximum absolute atomic E-state index is 13.2. The van der Waals surface area contributed by atoms with E-state index in [2.05, 4.69) is 5.32 Å². The number of amides is 1. The molecule has 4 rings (SSSR count). The highest BCUT2D eigenvalue weighted by molar-refractivity contribution is 6.31. The molecule has 1 aliphatic heterocycles. The standard InChI is InChI=1S/C25H22ClNO6/c1-25(2,24(29)30)27-23(28)18-12-11-15-7-3-4-8-16(15)21(18)33-22(20-13-31-14-32-20)17-9-5-6-10-19(17)26/h3-13,22H,14H2,1-2H3,(H,27,28)(H,29,30). The van der Waals surface area contributed by atoms with Gasteiger partial charge in [-0.1, -0.05) is 60.1 Å². The van der Waals surface area contributed by atoms with Crippen molar-refractivity contribution in [1.82, 2.24) is 5.32 Å². The van der Waals surface area contributed by atoms with Crippen LogP contribution in [0.15, 0.2) is 72.7 Å². The number of carboxylic acids is 1. The molecule has 1 unspecified atom stereocenters. The van der Waals surface area contributed by atoms with Gasteiger partial charge < -0.3 is 24.6 Å². The van der Waals surface area contributed by atoms with E-state index >= 15 is 0 Å². The number of fused-ring (bicyclic) bond motifs is 1. The largest absolute Gasteiger partial charge is 0.480 e. The van der Waals surface area contributed by atoms with Crippen molar-refractivity contribution < 1.29 is 28.9 Å². The highest BCUT2D eigenvalue weighted by atomic mass is 35.5. The molecule has 0 bridgehead atoms. The Morgan fingerprint density at radius 1 is 1.09 bits per heavy atom. The lowest BCUT2D eigenvalue weighted by molar-refractivity contribution is -0.143. The maximum atomic E-state index is 13.2. The van der Waals surface area contributed by atoms with Gasteiger partial charge in [0.25, 0.3) is 5.91 Å². The Morgan fingerprint density at radius 2 is 1.82 bits per heavy atom. The van der Waals surface area contributed by atoms with Crippen molar-refractivity contribution in [3.05, 3.63) is 88.8 Å². The predicted octanol–water partition coefficient (Wildman–Crippen LogP) is 5.05. The Kier molecular flexibility index (Phi) is 6.16. The number of benzene rings is 3. The number of rotatable bonds is 7. The van der Waals surface area contributed by atoms with E-state index < -0.39 is 23.5 Å². The van der Waals surface area contributed by atoms with Crippen LogP contribution >= 0.6 is 11.6 Å². The Morgan fingerprint density at radius 3 is 2.52 bits per heavy atom. The normalized spacial score (nSPS) is 14.1. The van der Waals surface area contributed by atoms with Crippen molar-refractivity contribution in [3.63, 3.8) is 0 Å². The van der Waals surface area contributed by atoms with Crippen LogP contribution in [0.2, 0.25) is 5.02 Å². The van der Waals surface area contributed by atoms with Crippen LogP contribution < -0.4 is 10.1 Å². The van der Waals surface area contributed by atoms with Gasteiger partial charge in [-0.2, -0.15) is 0 Å². The molecule has 2 N–H and O–H groups in total. The quantitative estimate of drug-likeness (QED) is 0.505. The lowest BCUT2D eigenvalue weighted by Gasteiger charge is -2.25. The van der Waals surface area contributed by atoms with E-state index in [4.69, 9.17) is 25.8 Å². The Hall–Kier alpha value is -3.71. The van der Waals surface area contributed by atoms with Crippen molar-refractivity contribution in [2.24, 2.45) is 0 Å². The first-order valence-electron chi connectivity index (χ1n) is 10.2. The number of aliphatic carboxylic acids is 1. The molecule has 7 nitrogen and oxygen atoms in total. The predicted molar refractivity (Wildman–Crippen MR) is 123 cm³/mol.